The molecule has 29 heavy (non-hydrogen) atoms. The molecule has 1 aromatic carbocycles. The molecule has 0 amide bonds. The lowest BCUT2D eigenvalue weighted by molar-refractivity contribution is -0.149. The van der Waals surface area contributed by atoms with E-state index in [1.165, 1.54) is 24.3 Å². The van der Waals surface area contributed by atoms with Gasteiger partial charge >= 0.3 is 5.97 Å². The minimum atomic E-state index is -3.73. The summed E-state index contributed by atoms with van der Waals surface area (Å²) in [5.41, 5.74) is 0. The van der Waals surface area contributed by atoms with E-state index >= 15 is 0 Å². The highest BCUT2D eigenvalue weighted by molar-refractivity contribution is 7.92. The predicted octanol–water partition coefficient (Wildman–Crippen LogP) is 2.65. The molecule has 10 heteroatoms. The Morgan fingerprint density at radius 1 is 1.21 bits per heavy atom. The largest absolute Gasteiger partial charge is 0.492 e. The van der Waals surface area contributed by atoms with Crippen molar-refractivity contribution in [3.63, 3.8) is 0 Å². The summed E-state index contributed by atoms with van der Waals surface area (Å²) in [4.78, 5) is 12.5. The standard InChI is InChI=1S/C19H21ClN2O6S/c1-2-27-19(24)14-10-13(29(25,26)16-6-4-3-5-15(16)20)9-12(14)11-28-18-8-7-17(23)21-22-18/h3-8,12-14H,2,9-11H2,1H3,(H,21,23). The summed E-state index contributed by atoms with van der Waals surface area (Å²) in [5, 5.41) is 15.8. The highest BCUT2D eigenvalue weighted by Crippen LogP contribution is 2.40. The molecule has 1 heterocycles. The van der Waals surface area contributed by atoms with Gasteiger partial charge < -0.3 is 14.6 Å². The third-order valence-corrected chi connectivity index (χ3v) is 7.57. The maximum absolute atomic E-state index is 13.1. The molecule has 1 aromatic heterocycles. The molecular formula is C19H21ClN2O6S. The second-order valence-corrected chi connectivity index (χ2v) is 9.33. The molecule has 3 atom stereocenters. The first kappa shape index (κ1) is 21.3. The minimum absolute atomic E-state index is 0.0558. The third-order valence-electron chi connectivity index (χ3n) is 4.89. The number of aromatic hydroxyl groups is 1. The fourth-order valence-electron chi connectivity index (χ4n) is 3.49. The van der Waals surface area contributed by atoms with Gasteiger partial charge in [-0.3, -0.25) is 4.79 Å². The van der Waals surface area contributed by atoms with Gasteiger partial charge in [0.15, 0.2) is 9.84 Å². The number of hydrogen-bond acceptors (Lipinski definition) is 8. The molecule has 0 aliphatic heterocycles. The molecule has 1 aliphatic carbocycles. The van der Waals surface area contributed by atoms with Crippen LogP contribution < -0.4 is 4.74 Å². The van der Waals surface area contributed by atoms with Gasteiger partial charge in [0.05, 0.1) is 34.3 Å². The van der Waals surface area contributed by atoms with Gasteiger partial charge in [-0.05, 0) is 31.9 Å². The number of halogens is 1. The molecule has 8 nitrogen and oxygen atoms in total. The number of benzene rings is 1. The van der Waals surface area contributed by atoms with E-state index in [2.05, 4.69) is 10.2 Å². The van der Waals surface area contributed by atoms with E-state index in [9.17, 15) is 18.3 Å². The maximum atomic E-state index is 13.1. The summed E-state index contributed by atoms with van der Waals surface area (Å²) in [6.07, 6.45) is 0.351. The average molecular weight is 441 g/mol. The first-order valence-corrected chi connectivity index (χ1v) is 11.1. The number of carbonyl (C=O) groups is 1. The van der Waals surface area contributed by atoms with E-state index < -0.39 is 27.0 Å². The van der Waals surface area contributed by atoms with Gasteiger partial charge in [0.2, 0.25) is 11.8 Å². The van der Waals surface area contributed by atoms with Crippen molar-refractivity contribution in [2.75, 3.05) is 13.2 Å². The molecule has 0 saturated heterocycles. The van der Waals surface area contributed by atoms with E-state index in [4.69, 9.17) is 21.1 Å². The number of ether oxygens (including phenoxy) is 2. The lowest BCUT2D eigenvalue weighted by Crippen LogP contribution is -2.25. The Kier molecular flexibility index (Phi) is 6.59. The number of hydrogen-bond donors (Lipinski definition) is 1. The molecule has 2 aromatic rings. The molecule has 1 saturated carbocycles. The molecule has 0 radical (unpaired) electrons. The second-order valence-electron chi connectivity index (χ2n) is 6.73. The monoisotopic (exact) mass is 440 g/mol. The van der Waals surface area contributed by atoms with Crippen molar-refractivity contribution >= 4 is 27.4 Å². The fourth-order valence-corrected chi connectivity index (χ4v) is 5.87. The van der Waals surface area contributed by atoms with E-state index in [1.807, 2.05) is 0 Å². The van der Waals surface area contributed by atoms with Crippen molar-refractivity contribution in [2.45, 2.75) is 29.9 Å². The average Bonchev–Trinajstić information content (AvgIpc) is 3.13. The molecular weight excluding hydrogens is 420 g/mol. The van der Waals surface area contributed by atoms with Gasteiger partial charge in [-0.15, -0.1) is 10.2 Å². The van der Waals surface area contributed by atoms with Crippen molar-refractivity contribution in [1.82, 2.24) is 10.2 Å². The second kappa shape index (κ2) is 8.96. The van der Waals surface area contributed by atoms with Crippen LogP contribution in [0.3, 0.4) is 0 Å². The first-order valence-electron chi connectivity index (χ1n) is 9.13. The van der Waals surface area contributed by atoms with Crippen LogP contribution >= 0.6 is 11.6 Å². The Morgan fingerprint density at radius 3 is 2.62 bits per heavy atom. The van der Waals surface area contributed by atoms with Crippen LogP contribution in [0.15, 0.2) is 41.3 Å². The molecule has 156 valence electrons. The lowest BCUT2D eigenvalue weighted by atomic mass is 9.97. The van der Waals surface area contributed by atoms with E-state index in [1.54, 1.807) is 19.1 Å². The first-order chi connectivity index (χ1) is 13.8. The highest BCUT2D eigenvalue weighted by Gasteiger charge is 2.46. The van der Waals surface area contributed by atoms with E-state index in [0.29, 0.717) is 0 Å². The Hall–Kier alpha value is -2.39. The summed E-state index contributed by atoms with van der Waals surface area (Å²) < 4.78 is 36.9. The summed E-state index contributed by atoms with van der Waals surface area (Å²) in [7, 11) is -3.73. The van der Waals surface area contributed by atoms with E-state index in [-0.39, 0.29) is 53.7 Å². The Labute approximate surface area is 173 Å². The van der Waals surface area contributed by atoms with Crippen LogP contribution in [-0.4, -0.2) is 48.2 Å². The third kappa shape index (κ3) is 4.79. The van der Waals surface area contributed by atoms with Gasteiger partial charge in [0.25, 0.3) is 0 Å². The zero-order valence-corrected chi connectivity index (χ0v) is 17.3. The van der Waals surface area contributed by atoms with Crippen molar-refractivity contribution in [3.8, 4) is 11.8 Å². The lowest BCUT2D eigenvalue weighted by Gasteiger charge is -2.17. The van der Waals surface area contributed by atoms with Crippen molar-refractivity contribution in [3.05, 3.63) is 41.4 Å². The molecule has 0 spiro atoms. The number of esters is 1. The highest BCUT2D eigenvalue weighted by atomic mass is 35.5. The summed E-state index contributed by atoms with van der Waals surface area (Å²) in [6, 6.07) is 9.02. The van der Waals surface area contributed by atoms with Crippen LogP contribution in [0.2, 0.25) is 5.02 Å². The van der Waals surface area contributed by atoms with Gasteiger partial charge in [-0.1, -0.05) is 23.7 Å². The summed E-state index contributed by atoms with van der Waals surface area (Å²) in [5.74, 6) is -1.53. The van der Waals surface area contributed by atoms with Gasteiger partial charge in [0.1, 0.15) is 0 Å². The molecule has 0 bridgehead atoms. The minimum Gasteiger partial charge on any atom is -0.492 e. The molecule has 1 N–H and O–H groups in total. The number of carbonyl (C=O) groups excluding carboxylic acids is 1. The van der Waals surface area contributed by atoms with Crippen LogP contribution in [-0.2, 0) is 19.4 Å². The smallest absolute Gasteiger partial charge is 0.309 e. The summed E-state index contributed by atoms with van der Waals surface area (Å²) in [6.45, 7) is 1.97. The van der Waals surface area contributed by atoms with Gasteiger partial charge in [-0.2, -0.15) is 0 Å². The number of aromatic nitrogens is 2. The van der Waals surface area contributed by atoms with Crippen molar-refractivity contribution < 1.29 is 27.8 Å². The number of nitrogens with zero attached hydrogens (tertiary/aromatic N) is 2. The van der Waals surface area contributed by atoms with Gasteiger partial charge in [0, 0.05) is 18.1 Å². The van der Waals surface area contributed by atoms with E-state index in [0.717, 1.165) is 0 Å². The predicted molar refractivity (Wildman–Crippen MR) is 104 cm³/mol. The SMILES string of the molecule is CCOC(=O)C1CC(S(=O)(=O)c2ccccc2Cl)CC1COc1ccc(O)nn1. The summed E-state index contributed by atoms with van der Waals surface area (Å²) >= 11 is 6.10. The molecule has 1 fully saturated rings. The van der Waals surface area contributed by atoms with Gasteiger partial charge in [-0.25, -0.2) is 8.42 Å². The fraction of sp³-hybridized carbons (Fsp3) is 0.421. The Balaban J connectivity index is 1.80. The number of sulfone groups is 1. The normalized spacial score (nSPS) is 21.7. The Morgan fingerprint density at radius 2 is 1.97 bits per heavy atom. The molecule has 1 aliphatic rings. The zero-order chi connectivity index (χ0) is 21.0. The van der Waals surface area contributed by atoms with Crippen molar-refractivity contribution in [2.24, 2.45) is 11.8 Å². The zero-order valence-electron chi connectivity index (χ0n) is 15.7. The van der Waals surface area contributed by atoms with Crippen LogP contribution in [0.5, 0.6) is 11.8 Å². The maximum Gasteiger partial charge on any atom is 0.309 e. The van der Waals surface area contributed by atoms with Crippen LogP contribution in [0.25, 0.3) is 0 Å². The quantitative estimate of drug-likeness (QED) is 0.653. The Bertz CT molecular complexity index is 967. The topological polar surface area (TPSA) is 116 Å². The molecule has 3 rings (SSSR count). The van der Waals surface area contributed by atoms with Crippen LogP contribution in [0.4, 0.5) is 0 Å². The van der Waals surface area contributed by atoms with Crippen LogP contribution in [0, 0.1) is 11.8 Å². The van der Waals surface area contributed by atoms with Crippen LogP contribution in [0.1, 0.15) is 19.8 Å². The van der Waals surface area contributed by atoms with Crippen molar-refractivity contribution in [1.29, 1.82) is 0 Å². The molecule has 3 unspecified atom stereocenters. The number of rotatable bonds is 7.